The first-order valence-corrected chi connectivity index (χ1v) is 9.06. The molecular formula is C21H24N2S. The number of allylic oxidation sites excluding steroid dienone is 2. The third kappa shape index (κ3) is 4.80. The molecule has 3 aromatic rings. The smallest absolute Gasteiger partial charge is 0.117 e. The van der Waals surface area contributed by atoms with E-state index in [1.807, 2.05) is 33.0 Å². The van der Waals surface area contributed by atoms with Gasteiger partial charge in [0.15, 0.2) is 0 Å². The van der Waals surface area contributed by atoms with Gasteiger partial charge in [0, 0.05) is 12.7 Å². The number of aryl methyl sites for hydroxylation is 1. The van der Waals surface area contributed by atoms with E-state index in [2.05, 4.69) is 71.8 Å². The number of nitrogens with zero attached hydrogens (tertiary/aromatic N) is 1. The van der Waals surface area contributed by atoms with Crippen molar-refractivity contribution >= 4 is 39.4 Å². The molecule has 24 heavy (non-hydrogen) atoms. The second kappa shape index (κ2) is 9.04. The molecule has 0 bridgehead atoms. The minimum atomic E-state index is 1.04. The quantitative estimate of drug-likeness (QED) is 0.558. The molecule has 3 rings (SSSR count). The Balaban J connectivity index is 0.00000100. The van der Waals surface area contributed by atoms with E-state index in [4.69, 9.17) is 0 Å². The maximum Gasteiger partial charge on any atom is 0.117 e. The predicted octanol–water partition coefficient (Wildman–Crippen LogP) is 6.40. The lowest BCUT2D eigenvalue weighted by atomic mass is 10.2. The zero-order valence-corrected chi connectivity index (χ0v) is 15.5. The fourth-order valence-corrected chi connectivity index (χ4v) is 3.17. The molecule has 1 heterocycles. The number of nitrogens with one attached hydrogen (secondary N) is 1. The van der Waals surface area contributed by atoms with Crippen LogP contribution in [0.5, 0.6) is 0 Å². The highest BCUT2D eigenvalue weighted by molar-refractivity contribution is 7.19. The van der Waals surface area contributed by atoms with E-state index < -0.39 is 0 Å². The molecule has 2 aromatic carbocycles. The van der Waals surface area contributed by atoms with Gasteiger partial charge in [0.1, 0.15) is 5.01 Å². The molecule has 0 saturated heterocycles. The van der Waals surface area contributed by atoms with Crippen LogP contribution in [0.2, 0.25) is 0 Å². The molecular weight excluding hydrogens is 312 g/mol. The molecule has 0 unspecified atom stereocenters. The number of aromatic nitrogens is 1. The van der Waals surface area contributed by atoms with Crippen LogP contribution in [-0.4, -0.2) is 12.0 Å². The SMILES string of the molecule is CC.CNc1ccc(/C=C/C=C/c2nc3ccc(C)cc3s2)cc1. The van der Waals surface area contributed by atoms with Crippen LogP contribution in [0, 0.1) is 6.92 Å². The van der Waals surface area contributed by atoms with Gasteiger partial charge in [0.2, 0.25) is 0 Å². The maximum atomic E-state index is 4.61. The monoisotopic (exact) mass is 336 g/mol. The lowest BCUT2D eigenvalue weighted by molar-refractivity contribution is 1.44. The van der Waals surface area contributed by atoms with Crippen LogP contribution in [0.25, 0.3) is 22.4 Å². The van der Waals surface area contributed by atoms with Crippen LogP contribution >= 0.6 is 11.3 Å². The second-order valence-electron chi connectivity index (χ2n) is 5.11. The summed E-state index contributed by atoms with van der Waals surface area (Å²) in [5.41, 5.74) is 4.65. The zero-order chi connectivity index (χ0) is 17.4. The molecule has 0 amide bonds. The largest absolute Gasteiger partial charge is 0.388 e. The molecule has 0 radical (unpaired) electrons. The number of fused-ring (bicyclic) bond motifs is 1. The van der Waals surface area contributed by atoms with Crippen molar-refractivity contribution in [1.29, 1.82) is 0 Å². The Morgan fingerprint density at radius 3 is 2.38 bits per heavy atom. The van der Waals surface area contributed by atoms with E-state index >= 15 is 0 Å². The van der Waals surface area contributed by atoms with Gasteiger partial charge in [-0.3, -0.25) is 0 Å². The van der Waals surface area contributed by atoms with Gasteiger partial charge < -0.3 is 5.32 Å². The van der Waals surface area contributed by atoms with E-state index in [0.717, 1.165) is 16.2 Å². The van der Waals surface area contributed by atoms with Crippen molar-refractivity contribution in [2.24, 2.45) is 0 Å². The van der Waals surface area contributed by atoms with Gasteiger partial charge in [-0.25, -0.2) is 4.98 Å². The molecule has 0 aliphatic rings. The normalized spacial score (nSPS) is 11.0. The Kier molecular flexibility index (Phi) is 6.76. The van der Waals surface area contributed by atoms with E-state index in [9.17, 15) is 0 Å². The highest BCUT2D eigenvalue weighted by Crippen LogP contribution is 2.24. The highest BCUT2D eigenvalue weighted by Gasteiger charge is 2.00. The summed E-state index contributed by atoms with van der Waals surface area (Å²) in [5.74, 6) is 0. The fraction of sp³-hybridized carbons (Fsp3) is 0.190. The van der Waals surface area contributed by atoms with Crippen molar-refractivity contribution in [3.05, 3.63) is 70.8 Å². The van der Waals surface area contributed by atoms with Crippen molar-refractivity contribution in [2.45, 2.75) is 20.8 Å². The summed E-state index contributed by atoms with van der Waals surface area (Å²) in [7, 11) is 1.92. The average Bonchev–Trinajstić information content (AvgIpc) is 3.03. The fourth-order valence-electron chi connectivity index (χ4n) is 2.19. The summed E-state index contributed by atoms with van der Waals surface area (Å²) in [6.45, 7) is 6.11. The summed E-state index contributed by atoms with van der Waals surface area (Å²) < 4.78 is 1.24. The van der Waals surface area contributed by atoms with Crippen LogP contribution in [0.15, 0.2) is 54.6 Å². The molecule has 0 aliphatic heterocycles. The average molecular weight is 337 g/mol. The third-order valence-electron chi connectivity index (χ3n) is 3.40. The lowest BCUT2D eigenvalue weighted by Gasteiger charge is -1.98. The van der Waals surface area contributed by atoms with Crippen LogP contribution in [0.4, 0.5) is 5.69 Å². The third-order valence-corrected chi connectivity index (χ3v) is 4.38. The van der Waals surface area contributed by atoms with E-state index in [1.165, 1.54) is 15.8 Å². The Labute approximate surface area is 148 Å². The molecule has 0 fully saturated rings. The van der Waals surface area contributed by atoms with E-state index in [-0.39, 0.29) is 0 Å². The van der Waals surface area contributed by atoms with Crippen LogP contribution in [0.1, 0.15) is 30.0 Å². The van der Waals surface area contributed by atoms with Gasteiger partial charge in [-0.15, -0.1) is 11.3 Å². The minimum Gasteiger partial charge on any atom is -0.388 e. The number of benzene rings is 2. The number of hydrogen-bond acceptors (Lipinski definition) is 3. The van der Waals surface area contributed by atoms with Gasteiger partial charge in [-0.05, 0) is 48.4 Å². The molecule has 0 atom stereocenters. The van der Waals surface area contributed by atoms with Crippen LogP contribution in [0.3, 0.4) is 0 Å². The minimum absolute atomic E-state index is 1.04. The first-order valence-electron chi connectivity index (χ1n) is 8.24. The molecule has 0 spiro atoms. The topological polar surface area (TPSA) is 24.9 Å². The standard InChI is InChI=1S/C19H18N2S.C2H6/c1-14-7-12-17-18(13-14)22-19(21-17)6-4-3-5-15-8-10-16(20-2)11-9-15;1-2/h3-13,20H,1-2H3;1-2H3/b5-3+,6-4+;. The number of rotatable bonds is 4. The molecule has 0 saturated carbocycles. The Hall–Kier alpha value is -2.39. The second-order valence-corrected chi connectivity index (χ2v) is 6.18. The van der Waals surface area contributed by atoms with Crippen LogP contribution < -0.4 is 5.32 Å². The summed E-state index contributed by atoms with van der Waals surface area (Å²) in [6.07, 6.45) is 8.23. The molecule has 3 heteroatoms. The molecule has 0 aliphatic carbocycles. The summed E-state index contributed by atoms with van der Waals surface area (Å²) >= 11 is 1.72. The summed E-state index contributed by atoms with van der Waals surface area (Å²) in [4.78, 5) is 4.61. The van der Waals surface area contributed by atoms with Gasteiger partial charge in [0.05, 0.1) is 10.2 Å². The summed E-state index contributed by atoms with van der Waals surface area (Å²) in [6, 6.07) is 14.7. The summed E-state index contributed by atoms with van der Waals surface area (Å²) in [5, 5.41) is 4.15. The van der Waals surface area contributed by atoms with Crippen molar-refractivity contribution < 1.29 is 0 Å². The van der Waals surface area contributed by atoms with Crippen molar-refractivity contribution in [3.8, 4) is 0 Å². The van der Waals surface area contributed by atoms with Gasteiger partial charge in [-0.1, -0.05) is 50.3 Å². The van der Waals surface area contributed by atoms with Gasteiger partial charge in [-0.2, -0.15) is 0 Å². The van der Waals surface area contributed by atoms with E-state index in [0.29, 0.717) is 0 Å². The first kappa shape index (κ1) is 18.0. The Morgan fingerprint density at radius 1 is 0.958 bits per heavy atom. The van der Waals surface area contributed by atoms with Crippen molar-refractivity contribution in [2.75, 3.05) is 12.4 Å². The molecule has 2 nitrogen and oxygen atoms in total. The zero-order valence-electron chi connectivity index (χ0n) is 14.7. The maximum absolute atomic E-state index is 4.61. The molecule has 1 N–H and O–H groups in total. The van der Waals surface area contributed by atoms with Crippen molar-refractivity contribution in [1.82, 2.24) is 4.98 Å². The van der Waals surface area contributed by atoms with Crippen LogP contribution in [-0.2, 0) is 0 Å². The number of anilines is 1. The Bertz CT molecular complexity index is 827. The molecule has 124 valence electrons. The Morgan fingerprint density at radius 2 is 1.67 bits per heavy atom. The van der Waals surface area contributed by atoms with Gasteiger partial charge >= 0.3 is 0 Å². The molecule has 1 aromatic heterocycles. The number of thiazole rings is 1. The lowest BCUT2D eigenvalue weighted by Crippen LogP contribution is -1.86. The predicted molar refractivity (Wildman–Crippen MR) is 110 cm³/mol. The van der Waals surface area contributed by atoms with E-state index in [1.54, 1.807) is 11.3 Å². The van der Waals surface area contributed by atoms with Gasteiger partial charge in [0.25, 0.3) is 0 Å². The first-order chi connectivity index (χ1) is 11.7. The van der Waals surface area contributed by atoms with Crippen molar-refractivity contribution in [3.63, 3.8) is 0 Å². The number of hydrogen-bond donors (Lipinski definition) is 1. The highest BCUT2D eigenvalue weighted by atomic mass is 32.1.